The van der Waals surface area contributed by atoms with E-state index in [2.05, 4.69) is 27.7 Å². The molecule has 0 amide bonds. The zero-order valence-corrected chi connectivity index (χ0v) is 59.9. The van der Waals surface area contributed by atoms with Crippen LogP contribution in [0.1, 0.15) is 374 Å². The van der Waals surface area contributed by atoms with Crippen molar-refractivity contribution >= 4 is 39.5 Å². The van der Waals surface area contributed by atoms with Gasteiger partial charge in [0.2, 0.25) is 0 Å². The summed E-state index contributed by atoms with van der Waals surface area (Å²) in [7, 11) is -9.89. The Labute approximate surface area is 549 Å². The van der Waals surface area contributed by atoms with Gasteiger partial charge in [0.1, 0.15) is 19.3 Å². The third kappa shape index (κ3) is 64.8. The fourth-order valence-corrected chi connectivity index (χ4v) is 12.4. The van der Waals surface area contributed by atoms with E-state index in [0.717, 1.165) is 96.3 Å². The topological polar surface area (TPSA) is 237 Å². The number of hydrogen-bond acceptors (Lipinski definition) is 15. The molecular formula is C71H138O17P2. The number of ether oxygens (including phenoxy) is 4. The molecule has 0 aliphatic carbocycles. The summed E-state index contributed by atoms with van der Waals surface area (Å²) in [6.07, 6.45) is 54.4. The molecule has 5 atom stereocenters. The van der Waals surface area contributed by atoms with Crippen LogP contribution in [0, 0.1) is 0 Å². The molecule has 0 aliphatic heterocycles. The van der Waals surface area contributed by atoms with Crippen LogP contribution in [0.25, 0.3) is 0 Å². The van der Waals surface area contributed by atoms with E-state index in [1.165, 1.54) is 199 Å². The molecule has 90 heavy (non-hydrogen) atoms. The summed E-state index contributed by atoms with van der Waals surface area (Å²) in [4.78, 5) is 72.3. The van der Waals surface area contributed by atoms with Gasteiger partial charge in [0.15, 0.2) is 12.2 Å². The molecule has 19 heteroatoms. The van der Waals surface area contributed by atoms with Crippen molar-refractivity contribution in [2.24, 2.45) is 0 Å². The number of unbranched alkanes of at least 4 members (excludes halogenated alkanes) is 46. The maximum absolute atomic E-state index is 13.0. The maximum Gasteiger partial charge on any atom is 0.472 e. The molecular weight excluding hydrogens is 1190 g/mol. The summed E-state index contributed by atoms with van der Waals surface area (Å²) in [5, 5.41) is 10.6. The van der Waals surface area contributed by atoms with Crippen LogP contribution in [-0.2, 0) is 65.4 Å². The van der Waals surface area contributed by atoms with Crippen LogP contribution in [0.5, 0.6) is 0 Å². The van der Waals surface area contributed by atoms with E-state index in [1.807, 2.05) is 0 Å². The van der Waals surface area contributed by atoms with Crippen LogP contribution in [0.4, 0.5) is 0 Å². The SMILES string of the molecule is CCCCCCCCCCCCCCCCCCCC(=O)O[C@H](COC(=O)CCCCCCCCCCCCCCCCC)COP(=O)(O)OC[C@@H](O)COP(=O)(O)OC[C@@H](COC(=O)CCCCCCC)OC(=O)CCCCCCCCCCCCCCC. The highest BCUT2D eigenvalue weighted by Gasteiger charge is 2.30. The highest BCUT2D eigenvalue weighted by molar-refractivity contribution is 7.47. The summed E-state index contributed by atoms with van der Waals surface area (Å²) >= 11 is 0. The monoisotopic (exact) mass is 1320 g/mol. The number of hydrogen-bond donors (Lipinski definition) is 3. The number of phosphoric ester groups is 2. The lowest BCUT2D eigenvalue weighted by molar-refractivity contribution is -0.161. The Balaban J connectivity index is 5.15. The molecule has 0 fully saturated rings. The molecule has 0 aliphatic rings. The summed E-state index contributed by atoms with van der Waals surface area (Å²) in [5.74, 6) is -2.13. The van der Waals surface area contributed by atoms with Crippen molar-refractivity contribution in [2.75, 3.05) is 39.6 Å². The Morgan fingerprint density at radius 3 is 0.656 bits per heavy atom. The van der Waals surface area contributed by atoms with Gasteiger partial charge in [0.05, 0.1) is 26.4 Å². The third-order valence-electron chi connectivity index (χ3n) is 16.6. The molecule has 0 spiro atoms. The van der Waals surface area contributed by atoms with E-state index >= 15 is 0 Å². The van der Waals surface area contributed by atoms with E-state index in [1.54, 1.807) is 0 Å². The van der Waals surface area contributed by atoms with E-state index < -0.39 is 97.5 Å². The van der Waals surface area contributed by atoms with Gasteiger partial charge in [-0.25, -0.2) is 9.13 Å². The number of carbonyl (C=O) groups excluding carboxylic acids is 4. The number of aliphatic hydroxyl groups is 1. The molecule has 17 nitrogen and oxygen atoms in total. The Morgan fingerprint density at radius 1 is 0.267 bits per heavy atom. The second-order valence-corrected chi connectivity index (χ2v) is 28.5. The average Bonchev–Trinajstić information content (AvgIpc) is 3.61. The zero-order chi connectivity index (χ0) is 66.1. The minimum Gasteiger partial charge on any atom is -0.462 e. The molecule has 2 unspecified atom stereocenters. The van der Waals surface area contributed by atoms with Crippen molar-refractivity contribution in [1.29, 1.82) is 0 Å². The highest BCUT2D eigenvalue weighted by Crippen LogP contribution is 2.45. The predicted molar refractivity (Wildman–Crippen MR) is 363 cm³/mol. The molecule has 0 heterocycles. The second-order valence-electron chi connectivity index (χ2n) is 25.6. The van der Waals surface area contributed by atoms with Crippen molar-refractivity contribution < 1.29 is 80.2 Å². The zero-order valence-electron chi connectivity index (χ0n) is 58.1. The molecule has 0 aromatic rings. The fraction of sp³-hybridized carbons (Fsp3) is 0.944. The molecule has 0 saturated carbocycles. The van der Waals surface area contributed by atoms with Crippen LogP contribution in [0.2, 0.25) is 0 Å². The summed E-state index contributed by atoms with van der Waals surface area (Å²) in [6, 6.07) is 0. The van der Waals surface area contributed by atoms with Crippen LogP contribution in [0.15, 0.2) is 0 Å². The fourth-order valence-electron chi connectivity index (χ4n) is 10.9. The quantitative estimate of drug-likeness (QED) is 0.0222. The molecule has 0 aromatic carbocycles. The smallest absolute Gasteiger partial charge is 0.462 e. The average molecular weight is 1330 g/mol. The molecule has 0 rings (SSSR count). The maximum atomic E-state index is 13.0. The summed E-state index contributed by atoms with van der Waals surface area (Å²) in [5.41, 5.74) is 0. The van der Waals surface area contributed by atoms with Gasteiger partial charge < -0.3 is 33.8 Å². The lowest BCUT2D eigenvalue weighted by atomic mass is 10.0. The van der Waals surface area contributed by atoms with E-state index in [-0.39, 0.29) is 25.7 Å². The van der Waals surface area contributed by atoms with Crippen molar-refractivity contribution in [3.63, 3.8) is 0 Å². The first-order valence-electron chi connectivity index (χ1n) is 37.3. The van der Waals surface area contributed by atoms with Gasteiger partial charge in [-0.05, 0) is 25.7 Å². The summed E-state index contributed by atoms with van der Waals surface area (Å²) < 4.78 is 68.1. The predicted octanol–water partition coefficient (Wildman–Crippen LogP) is 20.7. The first kappa shape index (κ1) is 88.1. The first-order valence-corrected chi connectivity index (χ1v) is 40.3. The number of phosphoric acid groups is 2. The number of carbonyl (C=O) groups is 4. The second kappa shape index (κ2) is 65.7. The minimum atomic E-state index is -4.95. The van der Waals surface area contributed by atoms with Gasteiger partial charge in [-0.15, -0.1) is 0 Å². The van der Waals surface area contributed by atoms with E-state index in [0.29, 0.717) is 25.7 Å². The van der Waals surface area contributed by atoms with Crippen LogP contribution in [-0.4, -0.2) is 96.7 Å². The van der Waals surface area contributed by atoms with Crippen LogP contribution >= 0.6 is 15.6 Å². The molecule has 0 radical (unpaired) electrons. The molecule has 0 saturated heterocycles. The molecule has 3 N–H and O–H groups in total. The molecule has 0 aromatic heterocycles. The Hall–Kier alpha value is -1.94. The van der Waals surface area contributed by atoms with Crippen molar-refractivity contribution in [3.05, 3.63) is 0 Å². The van der Waals surface area contributed by atoms with Crippen LogP contribution < -0.4 is 0 Å². The Kier molecular flexibility index (Phi) is 64.3. The standard InChI is InChI=1S/C71H138O17P2/c1-5-9-13-17-20-23-26-29-31-32-34-37-40-43-46-50-54-58-71(76)88-67(62-82-69(74)56-52-48-44-41-38-36-33-30-27-24-21-18-14-10-6-2)64-86-90(79,80)84-60-65(72)59-83-89(77,78)85-63-66(61-81-68(73)55-51-47-16-12-8-4)87-70(75)57-53-49-45-42-39-35-28-25-22-19-15-11-7-3/h65-67,72H,5-64H2,1-4H3,(H,77,78)(H,79,80)/t65-,66+,67+/m0/s1. The third-order valence-corrected chi connectivity index (χ3v) is 18.5. The van der Waals surface area contributed by atoms with Crippen molar-refractivity contribution in [1.82, 2.24) is 0 Å². The number of rotatable bonds is 72. The lowest BCUT2D eigenvalue weighted by Crippen LogP contribution is -2.30. The van der Waals surface area contributed by atoms with E-state index in [4.69, 9.17) is 37.0 Å². The normalized spacial score (nSPS) is 14.0. The van der Waals surface area contributed by atoms with Crippen molar-refractivity contribution in [2.45, 2.75) is 393 Å². The van der Waals surface area contributed by atoms with Crippen molar-refractivity contribution in [3.8, 4) is 0 Å². The first-order chi connectivity index (χ1) is 43.7. The molecule has 534 valence electrons. The highest BCUT2D eigenvalue weighted by atomic mass is 31.2. The van der Waals surface area contributed by atoms with Gasteiger partial charge in [-0.3, -0.25) is 37.3 Å². The molecule has 0 bridgehead atoms. The van der Waals surface area contributed by atoms with Gasteiger partial charge in [0, 0.05) is 25.7 Å². The minimum absolute atomic E-state index is 0.107. The lowest BCUT2D eigenvalue weighted by Gasteiger charge is -2.21. The number of aliphatic hydroxyl groups excluding tert-OH is 1. The van der Waals surface area contributed by atoms with Crippen LogP contribution in [0.3, 0.4) is 0 Å². The largest absolute Gasteiger partial charge is 0.472 e. The van der Waals surface area contributed by atoms with Gasteiger partial charge in [-0.1, -0.05) is 323 Å². The Bertz CT molecular complexity index is 1720. The van der Waals surface area contributed by atoms with E-state index in [9.17, 15) is 43.2 Å². The van der Waals surface area contributed by atoms with Gasteiger partial charge in [-0.2, -0.15) is 0 Å². The van der Waals surface area contributed by atoms with Gasteiger partial charge in [0.25, 0.3) is 0 Å². The Morgan fingerprint density at radius 2 is 0.444 bits per heavy atom. The number of esters is 4. The van der Waals surface area contributed by atoms with Gasteiger partial charge >= 0.3 is 39.5 Å². The summed E-state index contributed by atoms with van der Waals surface area (Å²) in [6.45, 7) is 4.88.